The van der Waals surface area contributed by atoms with Crippen LogP contribution < -0.4 is 0 Å². The van der Waals surface area contributed by atoms with Gasteiger partial charge in [0.15, 0.2) is 0 Å². The molecule has 1 aliphatic heterocycles. The van der Waals surface area contributed by atoms with E-state index in [0.29, 0.717) is 11.5 Å². The van der Waals surface area contributed by atoms with Crippen LogP contribution in [0.25, 0.3) is 0 Å². The summed E-state index contributed by atoms with van der Waals surface area (Å²) in [6.45, 7) is 0. The summed E-state index contributed by atoms with van der Waals surface area (Å²) in [6.07, 6.45) is 6.03. The maximum atomic E-state index is 11.5. The minimum absolute atomic E-state index is 0.142. The third-order valence-electron chi connectivity index (χ3n) is 3.43. The number of hydrogen-bond donors (Lipinski definition) is 1. The van der Waals surface area contributed by atoms with Gasteiger partial charge in [0.2, 0.25) is 0 Å². The Kier molecular flexibility index (Phi) is 3.17. The predicted molar refractivity (Wildman–Crippen MR) is 58.5 cm³/mol. The van der Waals surface area contributed by atoms with Gasteiger partial charge in [-0.1, -0.05) is 19.3 Å². The van der Waals surface area contributed by atoms with Crippen molar-refractivity contribution in [2.45, 2.75) is 44.1 Å². The van der Waals surface area contributed by atoms with E-state index in [4.69, 9.17) is 0 Å². The number of ketones is 1. The molecule has 1 aliphatic carbocycles. The molecule has 1 saturated heterocycles. The van der Waals surface area contributed by atoms with Gasteiger partial charge in [-0.15, -0.1) is 0 Å². The van der Waals surface area contributed by atoms with Crippen molar-refractivity contribution < 1.29 is 9.90 Å². The second kappa shape index (κ2) is 4.23. The SMILES string of the molecule is O=C1CSCC1CC1(O)CCCCC1. The molecule has 1 heterocycles. The van der Waals surface area contributed by atoms with Gasteiger partial charge in [0, 0.05) is 11.7 Å². The van der Waals surface area contributed by atoms with Crippen LogP contribution in [-0.2, 0) is 4.79 Å². The first-order valence-corrected chi connectivity index (χ1v) is 6.68. The van der Waals surface area contributed by atoms with Crippen molar-refractivity contribution in [1.29, 1.82) is 0 Å². The Morgan fingerprint density at radius 2 is 2.07 bits per heavy atom. The van der Waals surface area contributed by atoms with E-state index in [1.54, 1.807) is 11.8 Å². The topological polar surface area (TPSA) is 37.3 Å². The standard InChI is InChI=1S/C11H18O2S/c12-10-8-14-7-9(10)6-11(13)4-2-1-3-5-11/h9,13H,1-8H2. The number of carbonyl (C=O) groups excluding carboxylic acids is 1. The van der Waals surface area contributed by atoms with E-state index < -0.39 is 5.60 Å². The predicted octanol–water partition coefficient (Wildman–Crippen LogP) is 2.00. The summed E-state index contributed by atoms with van der Waals surface area (Å²) in [6, 6.07) is 0. The molecule has 0 radical (unpaired) electrons. The quantitative estimate of drug-likeness (QED) is 0.764. The van der Waals surface area contributed by atoms with E-state index in [-0.39, 0.29) is 5.92 Å². The molecule has 2 nitrogen and oxygen atoms in total. The molecule has 0 aromatic rings. The minimum atomic E-state index is -0.510. The van der Waals surface area contributed by atoms with Crippen LogP contribution in [0.2, 0.25) is 0 Å². The lowest BCUT2D eigenvalue weighted by atomic mass is 9.78. The molecule has 1 atom stereocenters. The zero-order valence-electron chi connectivity index (χ0n) is 8.50. The zero-order chi connectivity index (χ0) is 10.0. The fraction of sp³-hybridized carbons (Fsp3) is 0.909. The van der Waals surface area contributed by atoms with Gasteiger partial charge in [0.25, 0.3) is 0 Å². The summed E-state index contributed by atoms with van der Waals surface area (Å²) >= 11 is 1.72. The lowest BCUT2D eigenvalue weighted by molar-refractivity contribution is -0.121. The average Bonchev–Trinajstić information content (AvgIpc) is 2.52. The third kappa shape index (κ3) is 2.31. The van der Waals surface area contributed by atoms with Gasteiger partial charge in [0.1, 0.15) is 5.78 Å². The number of hydrogen-bond acceptors (Lipinski definition) is 3. The lowest BCUT2D eigenvalue weighted by Gasteiger charge is -2.33. The molecule has 2 rings (SSSR count). The van der Waals surface area contributed by atoms with Crippen LogP contribution in [0.3, 0.4) is 0 Å². The highest BCUT2D eigenvalue weighted by Crippen LogP contribution is 2.36. The van der Waals surface area contributed by atoms with Crippen LogP contribution in [0, 0.1) is 5.92 Å². The van der Waals surface area contributed by atoms with Crippen molar-refractivity contribution in [3.8, 4) is 0 Å². The Bertz CT molecular complexity index is 221. The summed E-state index contributed by atoms with van der Waals surface area (Å²) in [4.78, 5) is 11.5. The second-order valence-corrected chi connectivity index (χ2v) is 5.70. The summed E-state index contributed by atoms with van der Waals surface area (Å²) < 4.78 is 0. The molecule has 0 amide bonds. The highest BCUT2D eigenvalue weighted by Gasteiger charge is 2.36. The molecule has 1 saturated carbocycles. The largest absolute Gasteiger partial charge is 0.390 e. The van der Waals surface area contributed by atoms with Crippen molar-refractivity contribution >= 4 is 17.5 Å². The van der Waals surface area contributed by atoms with Crippen molar-refractivity contribution in [3.05, 3.63) is 0 Å². The van der Waals surface area contributed by atoms with E-state index in [1.165, 1.54) is 6.42 Å². The molecule has 0 bridgehead atoms. The van der Waals surface area contributed by atoms with E-state index in [9.17, 15) is 9.90 Å². The van der Waals surface area contributed by atoms with Crippen LogP contribution in [-0.4, -0.2) is 28.0 Å². The molecule has 2 aliphatic rings. The van der Waals surface area contributed by atoms with Gasteiger partial charge in [-0.3, -0.25) is 4.79 Å². The van der Waals surface area contributed by atoms with Gasteiger partial charge < -0.3 is 5.11 Å². The molecule has 3 heteroatoms. The normalized spacial score (nSPS) is 32.1. The van der Waals surface area contributed by atoms with E-state index in [0.717, 1.165) is 37.9 Å². The smallest absolute Gasteiger partial charge is 0.146 e. The molecular formula is C11H18O2S. The van der Waals surface area contributed by atoms with Crippen molar-refractivity contribution in [2.24, 2.45) is 5.92 Å². The molecule has 1 unspecified atom stereocenters. The number of thioether (sulfide) groups is 1. The van der Waals surface area contributed by atoms with Crippen molar-refractivity contribution in [1.82, 2.24) is 0 Å². The molecule has 2 fully saturated rings. The maximum Gasteiger partial charge on any atom is 0.146 e. The Balaban J connectivity index is 1.91. The Labute approximate surface area is 89.5 Å². The minimum Gasteiger partial charge on any atom is -0.390 e. The number of Topliss-reactive ketones (excluding diaryl/α,β-unsaturated/α-hetero) is 1. The van der Waals surface area contributed by atoms with Gasteiger partial charge in [-0.25, -0.2) is 0 Å². The first-order valence-electron chi connectivity index (χ1n) is 5.52. The highest BCUT2D eigenvalue weighted by atomic mass is 32.2. The van der Waals surface area contributed by atoms with E-state index in [1.807, 2.05) is 0 Å². The number of rotatable bonds is 2. The van der Waals surface area contributed by atoms with Gasteiger partial charge >= 0.3 is 0 Å². The summed E-state index contributed by atoms with van der Waals surface area (Å²) in [5.74, 6) is 2.10. The first kappa shape index (κ1) is 10.5. The van der Waals surface area contributed by atoms with Crippen molar-refractivity contribution in [3.63, 3.8) is 0 Å². The summed E-state index contributed by atoms with van der Waals surface area (Å²) in [5.41, 5.74) is -0.510. The monoisotopic (exact) mass is 214 g/mol. The molecule has 14 heavy (non-hydrogen) atoms. The number of aliphatic hydroxyl groups is 1. The summed E-state index contributed by atoms with van der Waals surface area (Å²) in [5, 5.41) is 10.3. The first-order chi connectivity index (χ1) is 6.70. The molecule has 0 aromatic carbocycles. The lowest BCUT2D eigenvalue weighted by Crippen LogP contribution is -2.35. The van der Waals surface area contributed by atoms with Gasteiger partial charge in [-0.05, 0) is 19.3 Å². The molecule has 0 spiro atoms. The van der Waals surface area contributed by atoms with E-state index in [2.05, 4.69) is 0 Å². The van der Waals surface area contributed by atoms with Crippen molar-refractivity contribution in [2.75, 3.05) is 11.5 Å². The molecular weight excluding hydrogens is 196 g/mol. The zero-order valence-corrected chi connectivity index (χ0v) is 9.31. The van der Waals surface area contributed by atoms with Crippen LogP contribution in [0.15, 0.2) is 0 Å². The average molecular weight is 214 g/mol. The second-order valence-electron chi connectivity index (χ2n) is 4.67. The fourth-order valence-electron chi connectivity index (χ4n) is 2.56. The van der Waals surface area contributed by atoms with Gasteiger partial charge in [0.05, 0.1) is 11.4 Å². The van der Waals surface area contributed by atoms with Crippen LogP contribution in [0.1, 0.15) is 38.5 Å². The third-order valence-corrected chi connectivity index (χ3v) is 4.56. The van der Waals surface area contributed by atoms with Crippen LogP contribution in [0.4, 0.5) is 0 Å². The highest BCUT2D eigenvalue weighted by molar-refractivity contribution is 8.00. The van der Waals surface area contributed by atoms with E-state index >= 15 is 0 Å². The Morgan fingerprint density at radius 3 is 2.64 bits per heavy atom. The van der Waals surface area contributed by atoms with Crippen LogP contribution in [0.5, 0.6) is 0 Å². The van der Waals surface area contributed by atoms with Crippen LogP contribution >= 0.6 is 11.8 Å². The Hall–Kier alpha value is -0.0200. The summed E-state index contributed by atoms with van der Waals surface area (Å²) in [7, 11) is 0. The fourth-order valence-corrected chi connectivity index (χ4v) is 3.70. The molecule has 0 aromatic heterocycles. The number of carbonyl (C=O) groups is 1. The van der Waals surface area contributed by atoms with Gasteiger partial charge in [-0.2, -0.15) is 11.8 Å². The maximum absolute atomic E-state index is 11.5. The Morgan fingerprint density at radius 1 is 1.36 bits per heavy atom. The molecule has 1 N–H and O–H groups in total. The molecule has 80 valence electrons.